The molecule has 2 aromatic carbocycles. The summed E-state index contributed by atoms with van der Waals surface area (Å²) in [7, 11) is 0. The van der Waals surface area contributed by atoms with Crippen molar-refractivity contribution in [3.05, 3.63) is 63.1 Å². The van der Waals surface area contributed by atoms with Gasteiger partial charge in [0.2, 0.25) is 0 Å². The van der Waals surface area contributed by atoms with Crippen molar-refractivity contribution < 1.29 is 9.90 Å². The van der Waals surface area contributed by atoms with E-state index in [0.717, 1.165) is 10.0 Å². The van der Waals surface area contributed by atoms with Crippen molar-refractivity contribution in [1.82, 2.24) is 0 Å². The molecule has 100 valence electrons. The van der Waals surface area contributed by atoms with Gasteiger partial charge in [-0.25, -0.2) is 0 Å². The van der Waals surface area contributed by atoms with Crippen LogP contribution in [-0.4, -0.2) is 10.9 Å². The van der Waals surface area contributed by atoms with Gasteiger partial charge in [0.05, 0.1) is 5.56 Å². The summed E-state index contributed by atoms with van der Waals surface area (Å²) in [6.07, 6.45) is 0.0681. The molecule has 0 aliphatic heterocycles. The first-order chi connectivity index (χ1) is 9.54. The number of aromatic hydroxyl groups is 1. The fourth-order valence-electron chi connectivity index (χ4n) is 2.00. The first-order valence-electron chi connectivity index (χ1n) is 6.04. The van der Waals surface area contributed by atoms with Crippen molar-refractivity contribution in [2.24, 2.45) is 0 Å². The molecule has 2 aromatic rings. The van der Waals surface area contributed by atoms with Gasteiger partial charge in [-0.3, -0.25) is 4.79 Å². The van der Waals surface area contributed by atoms with E-state index in [0.29, 0.717) is 11.1 Å². The van der Waals surface area contributed by atoms with E-state index in [9.17, 15) is 9.90 Å². The summed E-state index contributed by atoms with van der Waals surface area (Å²) >= 11 is 3.39. The van der Waals surface area contributed by atoms with E-state index in [2.05, 4.69) is 15.9 Å². The largest absolute Gasteiger partial charge is 0.506 e. The molecule has 0 atom stereocenters. The zero-order chi connectivity index (χ0) is 14.7. The van der Waals surface area contributed by atoms with Crippen LogP contribution in [0, 0.1) is 18.3 Å². The Labute approximate surface area is 125 Å². The zero-order valence-electron chi connectivity index (χ0n) is 10.9. The second-order valence-corrected chi connectivity index (χ2v) is 5.29. The lowest BCUT2D eigenvalue weighted by Gasteiger charge is -2.08. The maximum Gasteiger partial charge on any atom is 0.167 e. The Balaban J connectivity index is 2.34. The molecule has 2 rings (SSSR count). The van der Waals surface area contributed by atoms with E-state index in [1.165, 1.54) is 6.07 Å². The number of nitrogens with zero attached hydrogens (tertiary/aromatic N) is 1. The second-order valence-electron chi connectivity index (χ2n) is 4.44. The smallest absolute Gasteiger partial charge is 0.167 e. The minimum Gasteiger partial charge on any atom is -0.506 e. The highest BCUT2D eigenvalue weighted by molar-refractivity contribution is 9.10. The lowest BCUT2D eigenvalue weighted by atomic mass is 9.98. The van der Waals surface area contributed by atoms with E-state index in [1.807, 2.05) is 19.1 Å². The Morgan fingerprint density at radius 1 is 1.30 bits per heavy atom. The lowest BCUT2D eigenvalue weighted by molar-refractivity contribution is 0.0991. The van der Waals surface area contributed by atoms with Gasteiger partial charge >= 0.3 is 0 Å². The van der Waals surface area contributed by atoms with Crippen LogP contribution in [0.25, 0.3) is 0 Å². The summed E-state index contributed by atoms with van der Waals surface area (Å²) < 4.78 is 0.873. The number of carbonyl (C=O) groups is 1. The first-order valence-corrected chi connectivity index (χ1v) is 6.83. The predicted octanol–water partition coefficient (Wildman–Crippen LogP) is 3.76. The Hall–Kier alpha value is -2.12. The van der Waals surface area contributed by atoms with E-state index >= 15 is 0 Å². The minimum absolute atomic E-state index is 0.0681. The average molecular weight is 330 g/mol. The number of halogens is 1. The van der Waals surface area contributed by atoms with E-state index in [1.54, 1.807) is 24.3 Å². The van der Waals surface area contributed by atoms with E-state index in [4.69, 9.17) is 5.26 Å². The van der Waals surface area contributed by atoms with Crippen LogP contribution >= 0.6 is 15.9 Å². The third kappa shape index (κ3) is 2.73. The van der Waals surface area contributed by atoms with Gasteiger partial charge in [0.15, 0.2) is 5.78 Å². The molecule has 0 aliphatic rings. The van der Waals surface area contributed by atoms with Crippen molar-refractivity contribution >= 4 is 21.7 Å². The number of ketones is 1. The summed E-state index contributed by atoms with van der Waals surface area (Å²) in [6.45, 7) is 1.86. The molecule has 0 bridgehead atoms. The average Bonchev–Trinajstić information content (AvgIpc) is 2.44. The molecular formula is C16H12BrNO2. The molecule has 4 heteroatoms. The second kappa shape index (κ2) is 5.89. The maximum atomic E-state index is 12.3. The number of hydrogen-bond donors (Lipinski definition) is 1. The number of phenolic OH excluding ortho intramolecular Hbond substituents is 1. The molecular weight excluding hydrogens is 318 g/mol. The Bertz CT molecular complexity index is 717. The van der Waals surface area contributed by atoms with Crippen LogP contribution in [0.15, 0.2) is 40.9 Å². The third-order valence-electron chi connectivity index (χ3n) is 3.16. The van der Waals surface area contributed by atoms with Crippen molar-refractivity contribution in [3.63, 3.8) is 0 Å². The number of hydrogen-bond acceptors (Lipinski definition) is 3. The molecule has 20 heavy (non-hydrogen) atoms. The van der Waals surface area contributed by atoms with Gasteiger partial charge in [-0.05, 0) is 24.6 Å². The van der Waals surface area contributed by atoms with Crippen LogP contribution in [0.3, 0.4) is 0 Å². The van der Waals surface area contributed by atoms with Gasteiger partial charge in [0, 0.05) is 22.0 Å². The van der Waals surface area contributed by atoms with Crippen LogP contribution < -0.4 is 0 Å². The fraction of sp³-hybridized carbons (Fsp3) is 0.125. The number of carbonyl (C=O) groups excluding carboxylic acids is 1. The lowest BCUT2D eigenvalue weighted by Crippen LogP contribution is -2.06. The van der Waals surface area contributed by atoms with Gasteiger partial charge < -0.3 is 5.11 Å². The highest BCUT2D eigenvalue weighted by Gasteiger charge is 2.15. The van der Waals surface area contributed by atoms with Crippen molar-refractivity contribution in [2.75, 3.05) is 0 Å². The number of rotatable bonds is 3. The van der Waals surface area contributed by atoms with Crippen LogP contribution in [0.4, 0.5) is 0 Å². The molecule has 0 saturated carbocycles. The molecule has 1 N–H and O–H groups in total. The minimum atomic E-state index is -0.115. The number of phenols is 1. The monoisotopic (exact) mass is 329 g/mol. The molecule has 0 aliphatic carbocycles. The van der Waals surface area contributed by atoms with Gasteiger partial charge in [0.1, 0.15) is 11.8 Å². The molecule has 0 aromatic heterocycles. The van der Waals surface area contributed by atoms with Crippen molar-refractivity contribution in [2.45, 2.75) is 13.3 Å². The topological polar surface area (TPSA) is 61.1 Å². The zero-order valence-corrected chi connectivity index (χ0v) is 12.4. The Morgan fingerprint density at radius 2 is 2.00 bits per heavy atom. The van der Waals surface area contributed by atoms with E-state index in [-0.39, 0.29) is 23.5 Å². The van der Waals surface area contributed by atoms with Gasteiger partial charge in [-0.15, -0.1) is 0 Å². The summed E-state index contributed by atoms with van der Waals surface area (Å²) in [4.78, 5) is 12.3. The molecule has 0 amide bonds. The highest BCUT2D eigenvalue weighted by atomic mass is 79.9. The van der Waals surface area contributed by atoms with Gasteiger partial charge in [0.25, 0.3) is 0 Å². The molecule has 0 heterocycles. The fourth-order valence-corrected chi connectivity index (χ4v) is 2.37. The summed E-state index contributed by atoms with van der Waals surface area (Å²) in [6, 6.07) is 12.2. The van der Waals surface area contributed by atoms with E-state index < -0.39 is 0 Å². The molecule has 0 radical (unpaired) electrons. The summed E-state index contributed by atoms with van der Waals surface area (Å²) in [5.74, 6) is -0.204. The van der Waals surface area contributed by atoms with Gasteiger partial charge in [-0.2, -0.15) is 5.26 Å². The van der Waals surface area contributed by atoms with Crippen LogP contribution in [0.2, 0.25) is 0 Å². The summed E-state index contributed by atoms with van der Waals surface area (Å²) in [5, 5.41) is 18.8. The van der Waals surface area contributed by atoms with Crippen molar-refractivity contribution in [3.8, 4) is 11.8 Å². The Kier molecular flexibility index (Phi) is 4.21. The first kappa shape index (κ1) is 14.3. The number of nitriles is 1. The number of benzene rings is 2. The molecule has 0 unspecified atom stereocenters. The van der Waals surface area contributed by atoms with Crippen LogP contribution in [-0.2, 0) is 6.42 Å². The van der Waals surface area contributed by atoms with Crippen molar-refractivity contribution in [1.29, 1.82) is 5.26 Å². The molecule has 0 saturated heterocycles. The van der Waals surface area contributed by atoms with Crippen LogP contribution in [0.1, 0.15) is 27.0 Å². The quantitative estimate of drug-likeness (QED) is 0.872. The summed E-state index contributed by atoms with van der Waals surface area (Å²) in [5.41, 5.74) is 2.13. The van der Waals surface area contributed by atoms with Gasteiger partial charge in [-0.1, -0.05) is 40.2 Å². The molecule has 0 fully saturated rings. The molecule has 0 spiro atoms. The maximum absolute atomic E-state index is 12.3. The third-order valence-corrected chi connectivity index (χ3v) is 4.02. The Morgan fingerprint density at radius 3 is 2.70 bits per heavy atom. The highest BCUT2D eigenvalue weighted by Crippen LogP contribution is 2.25. The number of para-hydroxylation sites is 1. The molecule has 3 nitrogen and oxygen atoms in total. The standard InChI is InChI=1S/C16H12BrNO2/c1-10-13(6-3-7-14(10)17)15(19)8-11-4-2-5-12(9-18)16(11)20/h2-7,20H,8H2,1H3. The SMILES string of the molecule is Cc1c(Br)cccc1C(=O)Cc1cccc(C#N)c1O. The van der Waals surface area contributed by atoms with Crippen LogP contribution in [0.5, 0.6) is 5.75 Å². The normalized spacial score (nSPS) is 10.1. The predicted molar refractivity (Wildman–Crippen MR) is 79.7 cm³/mol. The number of Topliss-reactive ketones (excluding diaryl/α,β-unsaturated/α-hetero) is 1.